The van der Waals surface area contributed by atoms with Crippen LogP contribution in [0.3, 0.4) is 0 Å². The Hall–Kier alpha value is -1.39. The summed E-state index contributed by atoms with van der Waals surface area (Å²) >= 11 is 0. The van der Waals surface area contributed by atoms with Gasteiger partial charge in [-0.05, 0) is 123 Å². The fourth-order valence-electron chi connectivity index (χ4n) is 11.9. The first-order valence-electron chi connectivity index (χ1n) is 15.5. The van der Waals surface area contributed by atoms with Gasteiger partial charge in [0.1, 0.15) is 12.4 Å². The Bertz CT molecular complexity index is 961. The van der Waals surface area contributed by atoms with Crippen LogP contribution in [0.4, 0.5) is 0 Å². The number of carbonyl (C=O) groups is 3. The summed E-state index contributed by atoms with van der Waals surface area (Å²) < 4.78 is 6.15. The molecule has 0 radical (unpaired) electrons. The second-order valence-corrected chi connectivity index (χ2v) is 15.0. The van der Waals surface area contributed by atoms with Gasteiger partial charge in [0, 0.05) is 5.41 Å². The Morgan fingerprint density at radius 2 is 1.51 bits per heavy atom. The maximum Gasteiger partial charge on any atom is 0.309 e. The topological polar surface area (TPSA) is 80.7 Å². The molecule has 0 saturated heterocycles. The van der Waals surface area contributed by atoms with E-state index in [1.165, 1.54) is 51.2 Å². The summed E-state index contributed by atoms with van der Waals surface area (Å²) in [5.41, 5.74) is 0.639. The van der Waals surface area contributed by atoms with Crippen LogP contribution in [-0.2, 0) is 19.1 Å². The summed E-state index contributed by atoms with van der Waals surface area (Å²) in [6.45, 7) is 9.38. The van der Waals surface area contributed by atoms with E-state index in [4.69, 9.17) is 4.74 Å². The lowest BCUT2D eigenvalue weighted by molar-refractivity contribution is -0.204. The molecule has 6 aliphatic carbocycles. The molecule has 13 atom stereocenters. The molecule has 0 amide bonds. The molecule has 0 heterocycles. The Labute approximate surface area is 222 Å². The molecule has 6 fully saturated rings. The highest BCUT2D eigenvalue weighted by molar-refractivity contribution is 5.80. The van der Waals surface area contributed by atoms with Crippen molar-refractivity contribution in [3.8, 4) is 0 Å². The minimum absolute atomic E-state index is 0.00959. The molecule has 6 aliphatic rings. The smallest absolute Gasteiger partial charge is 0.309 e. The summed E-state index contributed by atoms with van der Waals surface area (Å²) in [5.74, 6) is 2.00. The van der Waals surface area contributed by atoms with E-state index in [2.05, 4.69) is 20.8 Å². The predicted molar refractivity (Wildman–Crippen MR) is 140 cm³/mol. The maximum atomic E-state index is 13.0. The highest BCUT2D eigenvalue weighted by Crippen LogP contribution is 2.71. The summed E-state index contributed by atoms with van der Waals surface area (Å²) in [7, 11) is 0. The molecule has 0 aromatic rings. The van der Waals surface area contributed by atoms with Crippen molar-refractivity contribution in [3.63, 3.8) is 0 Å². The normalized spacial score (nSPS) is 54.5. The second-order valence-electron chi connectivity index (χ2n) is 15.0. The number of carboxylic acids is 1. The highest BCUT2D eigenvalue weighted by atomic mass is 16.5. The first-order valence-corrected chi connectivity index (χ1v) is 15.5. The van der Waals surface area contributed by atoms with Gasteiger partial charge in [0.05, 0.1) is 11.8 Å². The molecule has 5 heteroatoms. The number of hydrogen-bond acceptors (Lipinski definition) is 4. The molecule has 6 saturated carbocycles. The van der Waals surface area contributed by atoms with Crippen LogP contribution in [0, 0.1) is 69.5 Å². The van der Waals surface area contributed by atoms with Gasteiger partial charge in [-0.3, -0.25) is 9.59 Å². The number of hydrogen-bond donors (Lipinski definition) is 1. The first kappa shape index (κ1) is 25.9. The fraction of sp³-hybridized carbons (Fsp3) is 0.906. The van der Waals surface area contributed by atoms with Gasteiger partial charge in [0.15, 0.2) is 0 Å². The molecule has 0 aliphatic heterocycles. The van der Waals surface area contributed by atoms with Crippen LogP contribution in [0.2, 0.25) is 0 Å². The number of ether oxygens (including phenoxy) is 1. The van der Waals surface area contributed by atoms with Crippen molar-refractivity contribution in [2.75, 3.05) is 0 Å². The van der Waals surface area contributed by atoms with Crippen LogP contribution in [0.1, 0.15) is 105 Å². The van der Waals surface area contributed by atoms with Crippen LogP contribution in [0.5, 0.6) is 0 Å². The van der Waals surface area contributed by atoms with Gasteiger partial charge in [0.2, 0.25) is 0 Å². The van der Waals surface area contributed by atoms with Crippen molar-refractivity contribution in [1.29, 1.82) is 0 Å². The quantitative estimate of drug-likeness (QED) is 0.342. The van der Waals surface area contributed by atoms with E-state index in [-0.39, 0.29) is 34.7 Å². The van der Waals surface area contributed by atoms with Gasteiger partial charge in [-0.25, -0.2) is 0 Å². The zero-order chi connectivity index (χ0) is 26.3. The van der Waals surface area contributed by atoms with E-state index in [0.717, 1.165) is 37.5 Å². The molecule has 5 nitrogen and oxygen atoms in total. The zero-order valence-corrected chi connectivity index (χ0v) is 23.4. The van der Waals surface area contributed by atoms with Gasteiger partial charge in [-0.15, -0.1) is 0 Å². The summed E-state index contributed by atoms with van der Waals surface area (Å²) in [6, 6.07) is 0. The van der Waals surface area contributed by atoms with Crippen molar-refractivity contribution in [1.82, 2.24) is 0 Å². The minimum Gasteiger partial charge on any atom is -0.481 e. The van der Waals surface area contributed by atoms with Crippen LogP contribution < -0.4 is 0 Å². The van der Waals surface area contributed by atoms with Crippen molar-refractivity contribution >= 4 is 18.2 Å². The van der Waals surface area contributed by atoms with Crippen molar-refractivity contribution in [3.05, 3.63) is 0 Å². The van der Waals surface area contributed by atoms with E-state index in [0.29, 0.717) is 35.5 Å². The van der Waals surface area contributed by atoms with Gasteiger partial charge in [0.25, 0.3) is 0 Å². The molecule has 206 valence electrons. The Morgan fingerprint density at radius 1 is 0.811 bits per heavy atom. The second kappa shape index (κ2) is 8.81. The Balaban J connectivity index is 1.16. The average molecular weight is 513 g/mol. The maximum absolute atomic E-state index is 13.0. The molecular formula is C32H48O5. The van der Waals surface area contributed by atoms with Gasteiger partial charge >= 0.3 is 11.9 Å². The van der Waals surface area contributed by atoms with Crippen LogP contribution in [0.25, 0.3) is 0 Å². The lowest BCUT2D eigenvalue weighted by atomic mass is 9.37. The third kappa shape index (κ3) is 3.56. The summed E-state index contributed by atoms with van der Waals surface area (Å²) in [6.07, 6.45) is 14.8. The molecule has 0 aromatic heterocycles. The van der Waals surface area contributed by atoms with Crippen LogP contribution in [-0.4, -0.2) is 29.4 Å². The third-order valence-corrected chi connectivity index (χ3v) is 14.0. The lowest BCUT2D eigenvalue weighted by Crippen LogP contribution is -2.61. The predicted octanol–water partition coefficient (Wildman–Crippen LogP) is 6.53. The van der Waals surface area contributed by atoms with E-state index >= 15 is 0 Å². The number of fused-ring (bicyclic) bond motifs is 7. The highest BCUT2D eigenvalue weighted by Gasteiger charge is 2.65. The van der Waals surface area contributed by atoms with Crippen molar-refractivity contribution in [2.24, 2.45) is 69.5 Å². The Morgan fingerprint density at radius 3 is 2.22 bits per heavy atom. The number of carbonyl (C=O) groups excluding carboxylic acids is 2. The largest absolute Gasteiger partial charge is 0.481 e. The van der Waals surface area contributed by atoms with Crippen LogP contribution >= 0.6 is 0 Å². The van der Waals surface area contributed by atoms with Crippen molar-refractivity contribution in [2.45, 2.75) is 111 Å². The van der Waals surface area contributed by atoms with Crippen LogP contribution in [0.15, 0.2) is 0 Å². The van der Waals surface area contributed by atoms with E-state index in [1.54, 1.807) is 0 Å². The Kier molecular flexibility index (Phi) is 6.16. The lowest BCUT2D eigenvalue weighted by Gasteiger charge is -2.67. The number of rotatable bonds is 4. The number of aliphatic carboxylic acids is 1. The number of carboxylic acid groups (broad SMARTS) is 1. The van der Waals surface area contributed by atoms with E-state index < -0.39 is 11.9 Å². The van der Waals surface area contributed by atoms with Gasteiger partial charge in [-0.1, -0.05) is 34.1 Å². The third-order valence-electron chi connectivity index (χ3n) is 14.0. The molecule has 37 heavy (non-hydrogen) atoms. The summed E-state index contributed by atoms with van der Waals surface area (Å²) in [5, 5.41) is 9.31. The van der Waals surface area contributed by atoms with Crippen molar-refractivity contribution < 1.29 is 24.2 Å². The number of aldehydes is 1. The monoisotopic (exact) mass is 512 g/mol. The number of esters is 1. The molecule has 6 rings (SSSR count). The van der Waals surface area contributed by atoms with E-state index in [1.807, 2.05) is 6.92 Å². The van der Waals surface area contributed by atoms with Gasteiger partial charge in [-0.2, -0.15) is 0 Å². The molecule has 0 spiro atoms. The first-order chi connectivity index (χ1) is 17.6. The van der Waals surface area contributed by atoms with E-state index in [9.17, 15) is 19.5 Å². The standard InChI is InChI=1S/C32H48O5/c1-18-21(28(34)35)16-22(18)29(36)37-26-11-14-30(3)23(19(26)2)9-13-31(4)24-10-15-32(17-33)12-5-6-25(32)20(24)7-8-27(30)31/h17-27H,5-16H2,1-4H3,(H,34,35). The molecule has 0 aromatic carbocycles. The summed E-state index contributed by atoms with van der Waals surface area (Å²) in [4.78, 5) is 36.6. The molecule has 0 bridgehead atoms. The minimum atomic E-state index is -0.791. The average Bonchev–Trinajstić information content (AvgIpc) is 3.29. The molecule has 13 unspecified atom stereocenters. The molecular weight excluding hydrogens is 464 g/mol. The SMILES string of the molecule is CC1C(C(=O)O)CC1C(=O)OC1CCC2(C)C(CCC3(C)C4CCC5(C=O)CCCC5C4CCC23)C1C. The zero-order valence-electron chi connectivity index (χ0n) is 23.4. The molecule has 1 N–H and O–H groups in total. The fourth-order valence-corrected chi connectivity index (χ4v) is 11.9. The van der Waals surface area contributed by atoms with Gasteiger partial charge < -0.3 is 14.6 Å².